The van der Waals surface area contributed by atoms with E-state index in [-0.39, 0.29) is 6.04 Å². The first kappa shape index (κ1) is 11.6. The Bertz CT molecular complexity index is 465. The summed E-state index contributed by atoms with van der Waals surface area (Å²) < 4.78 is 2.68. The van der Waals surface area contributed by atoms with Gasteiger partial charge in [-0.25, -0.2) is 5.43 Å². The van der Waals surface area contributed by atoms with Gasteiger partial charge in [-0.2, -0.15) is 5.10 Å². The van der Waals surface area contributed by atoms with Gasteiger partial charge in [0, 0.05) is 17.6 Å². The molecule has 0 radical (unpaired) electrons. The van der Waals surface area contributed by atoms with Gasteiger partial charge < -0.3 is 0 Å². The van der Waals surface area contributed by atoms with Crippen molar-refractivity contribution in [3.8, 4) is 0 Å². The van der Waals surface area contributed by atoms with Crippen LogP contribution in [0.5, 0.6) is 0 Å². The van der Waals surface area contributed by atoms with Crippen molar-refractivity contribution in [3.63, 3.8) is 0 Å². The van der Waals surface area contributed by atoms with Crippen molar-refractivity contribution in [2.45, 2.75) is 19.5 Å². The van der Waals surface area contributed by atoms with Gasteiger partial charge >= 0.3 is 0 Å². The molecule has 0 aliphatic carbocycles. The monoisotopic (exact) mass is 256 g/mol. The zero-order chi connectivity index (χ0) is 11.5. The van der Waals surface area contributed by atoms with E-state index in [1.54, 1.807) is 6.20 Å². The Kier molecular flexibility index (Phi) is 3.60. The molecular formula is C10H13ClN4S. The normalized spacial score (nSPS) is 12.9. The highest BCUT2D eigenvalue weighted by atomic mass is 35.5. The number of thiophene rings is 1. The Hall–Kier alpha value is -0.880. The number of aromatic nitrogens is 2. The SMILES string of the molecule is CCn1nccc1C(NN)c1ccc(Cl)s1. The van der Waals surface area contributed by atoms with E-state index in [0.717, 1.165) is 21.5 Å². The maximum atomic E-state index is 5.92. The summed E-state index contributed by atoms with van der Waals surface area (Å²) in [6.07, 6.45) is 1.78. The minimum atomic E-state index is -0.0556. The Balaban J connectivity index is 2.36. The molecule has 2 aromatic rings. The molecule has 2 heterocycles. The molecule has 0 bridgehead atoms. The molecular weight excluding hydrogens is 244 g/mol. The van der Waals surface area contributed by atoms with Crippen LogP contribution in [0.3, 0.4) is 0 Å². The zero-order valence-electron chi connectivity index (χ0n) is 8.85. The first-order valence-corrected chi connectivity index (χ1v) is 6.18. The van der Waals surface area contributed by atoms with Crippen LogP contribution in [0.1, 0.15) is 23.5 Å². The lowest BCUT2D eigenvalue weighted by Gasteiger charge is -2.15. The molecule has 16 heavy (non-hydrogen) atoms. The van der Waals surface area contributed by atoms with Gasteiger partial charge in [-0.15, -0.1) is 11.3 Å². The van der Waals surface area contributed by atoms with Gasteiger partial charge in [0.1, 0.15) is 0 Å². The average Bonchev–Trinajstić information content (AvgIpc) is 2.89. The van der Waals surface area contributed by atoms with Crippen molar-refractivity contribution in [2.24, 2.45) is 5.84 Å². The van der Waals surface area contributed by atoms with Crippen LogP contribution in [0.25, 0.3) is 0 Å². The van der Waals surface area contributed by atoms with Crippen molar-refractivity contribution >= 4 is 22.9 Å². The molecule has 0 amide bonds. The largest absolute Gasteiger partial charge is 0.270 e. The Morgan fingerprint density at radius 2 is 2.38 bits per heavy atom. The molecule has 3 N–H and O–H groups in total. The van der Waals surface area contributed by atoms with Crippen LogP contribution in [-0.4, -0.2) is 9.78 Å². The highest BCUT2D eigenvalue weighted by Crippen LogP contribution is 2.30. The van der Waals surface area contributed by atoms with Crippen LogP contribution < -0.4 is 11.3 Å². The van der Waals surface area contributed by atoms with Crippen molar-refractivity contribution in [3.05, 3.63) is 39.3 Å². The molecule has 0 spiro atoms. The highest BCUT2D eigenvalue weighted by molar-refractivity contribution is 7.16. The summed E-state index contributed by atoms with van der Waals surface area (Å²) in [5.41, 5.74) is 3.84. The molecule has 0 aliphatic heterocycles. The summed E-state index contributed by atoms with van der Waals surface area (Å²) in [6.45, 7) is 2.87. The van der Waals surface area contributed by atoms with E-state index < -0.39 is 0 Å². The van der Waals surface area contributed by atoms with Crippen molar-refractivity contribution in [2.75, 3.05) is 0 Å². The second-order valence-corrected chi connectivity index (χ2v) is 5.06. The number of nitrogens with zero attached hydrogens (tertiary/aromatic N) is 2. The number of hydrazine groups is 1. The van der Waals surface area contributed by atoms with Crippen LogP contribution in [0, 0.1) is 0 Å². The molecule has 6 heteroatoms. The fourth-order valence-corrected chi connectivity index (χ4v) is 2.78. The number of rotatable bonds is 4. The zero-order valence-corrected chi connectivity index (χ0v) is 10.4. The second kappa shape index (κ2) is 4.97. The average molecular weight is 257 g/mol. The molecule has 2 rings (SSSR count). The van der Waals surface area contributed by atoms with Gasteiger partial charge in [-0.05, 0) is 25.1 Å². The Morgan fingerprint density at radius 1 is 1.56 bits per heavy atom. The van der Waals surface area contributed by atoms with Gasteiger partial charge in [-0.1, -0.05) is 11.6 Å². The Morgan fingerprint density at radius 3 is 2.94 bits per heavy atom. The number of hydrogen-bond acceptors (Lipinski definition) is 4. The molecule has 0 saturated heterocycles. The maximum Gasteiger partial charge on any atom is 0.0970 e. The third kappa shape index (κ3) is 2.12. The van der Waals surface area contributed by atoms with E-state index in [9.17, 15) is 0 Å². The number of hydrogen-bond donors (Lipinski definition) is 2. The van der Waals surface area contributed by atoms with E-state index >= 15 is 0 Å². The van der Waals surface area contributed by atoms with E-state index in [4.69, 9.17) is 17.4 Å². The van der Waals surface area contributed by atoms with Gasteiger partial charge in [0.2, 0.25) is 0 Å². The van der Waals surface area contributed by atoms with Crippen LogP contribution in [-0.2, 0) is 6.54 Å². The number of nitrogens with one attached hydrogen (secondary N) is 1. The maximum absolute atomic E-state index is 5.92. The van der Waals surface area contributed by atoms with Gasteiger partial charge in [0.05, 0.1) is 16.1 Å². The minimum absolute atomic E-state index is 0.0556. The summed E-state index contributed by atoms with van der Waals surface area (Å²) in [5, 5.41) is 4.23. The quantitative estimate of drug-likeness (QED) is 0.651. The predicted molar refractivity (Wildman–Crippen MR) is 66.4 cm³/mol. The first-order valence-electron chi connectivity index (χ1n) is 4.99. The fraction of sp³-hybridized carbons (Fsp3) is 0.300. The standard InChI is InChI=1S/C10H13ClN4S/c1-2-15-7(5-6-13-15)10(14-12)8-3-4-9(11)16-8/h3-6,10,14H,2,12H2,1H3. The van der Waals surface area contributed by atoms with Gasteiger partial charge in [0.15, 0.2) is 0 Å². The van der Waals surface area contributed by atoms with Crippen LogP contribution in [0.2, 0.25) is 4.34 Å². The summed E-state index contributed by atoms with van der Waals surface area (Å²) in [7, 11) is 0. The van der Waals surface area contributed by atoms with Gasteiger partial charge in [0.25, 0.3) is 0 Å². The lowest BCUT2D eigenvalue weighted by atomic mass is 10.2. The number of nitrogens with two attached hydrogens (primary N) is 1. The van der Waals surface area contributed by atoms with Crippen LogP contribution in [0.15, 0.2) is 24.4 Å². The van der Waals surface area contributed by atoms with Crippen LogP contribution in [0.4, 0.5) is 0 Å². The molecule has 1 atom stereocenters. The molecule has 0 saturated carbocycles. The first-order chi connectivity index (χ1) is 7.76. The Labute approximate surface area is 103 Å². The van der Waals surface area contributed by atoms with E-state index in [0.29, 0.717) is 0 Å². The van der Waals surface area contributed by atoms with E-state index in [1.807, 2.05) is 29.8 Å². The predicted octanol–water partition coefficient (Wildman–Crippen LogP) is 2.17. The summed E-state index contributed by atoms with van der Waals surface area (Å²) in [4.78, 5) is 1.09. The molecule has 0 aromatic carbocycles. The molecule has 0 fully saturated rings. The number of aryl methyl sites for hydroxylation is 1. The summed E-state index contributed by atoms with van der Waals surface area (Å²) in [6, 6.07) is 5.75. The van der Waals surface area contributed by atoms with E-state index in [1.165, 1.54) is 11.3 Å². The highest BCUT2D eigenvalue weighted by Gasteiger charge is 2.18. The third-order valence-electron chi connectivity index (χ3n) is 2.39. The smallest absolute Gasteiger partial charge is 0.0970 e. The van der Waals surface area contributed by atoms with Gasteiger partial charge in [-0.3, -0.25) is 10.5 Å². The summed E-state index contributed by atoms with van der Waals surface area (Å²) >= 11 is 7.44. The van der Waals surface area contributed by atoms with Crippen molar-refractivity contribution in [1.82, 2.24) is 15.2 Å². The minimum Gasteiger partial charge on any atom is -0.270 e. The molecule has 0 aliphatic rings. The number of halogens is 1. The molecule has 2 aromatic heterocycles. The van der Waals surface area contributed by atoms with Crippen molar-refractivity contribution in [1.29, 1.82) is 0 Å². The van der Waals surface area contributed by atoms with E-state index in [2.05, 4.69) is 10.5 Å². The molecule has 4 nitrogen and oxygen atoms in total. The lowest BCUT2D eigenvalue weighted by molar-refractivity contribution is 0.548. The second-order valence-electron chi connectivity index (χ2n) is 3.31. The fourth-order valence-electron chi connectivity index (χ4n) is 1.65. The topological polar surface area (TPSA) is 55.9 Å². The summed E-state index contributed by atoms with van der Waals surface area (Å²) in [5.74, 6) is 5.60. The third-order valence-corrected chi connectivity index (χ3v) is 3.69. The molecule has 1 unspecified atom stereocenters. The van der Waals surface area contributed by atoms with Crippen molar-refractivity contribution < 1.29 is 0 Å². The molecule has 86 valence electrons. The van der Waals surface area contributed by atoms with Crippen LogP contribution >= 0.6 is 22.9 Å². The lowest BCUT2D eigenvalue weighted by Crippen LogP contribution is -2.30.